The number of fused-ring (bicyclic) bond motifs is 1. The van der Waals surface area contributed by atoms with Gasteiger partial charge in [0, 0.05) is 16.8 Å². The van der Waals surface area contributed by atoms with Crippen LogP contribution in [-0.2, 0) is 5.75 Å². The second-order valence-corrected chi connectivity index (χ2v) is 5.53. The zero-order chi connectivity index (χ0) is 13.8. The third kappa shape index (κ3) is 2.92. The molecule has 0 fully saturated rings. The zero-order valence-electron chi connectivity index (χ0n) is 10.9. The van der Waals surface area contributed by atoms with E-state index in [1.165, 1.54) is 15.7 Å². The van der Waals surface area contributed by atoms with Crippen molar-refractivity contribution in [2.45, 2.75) is 10.6 Å². The molecule has 3 N–H and O–H groups in total. The zero-order valence-corrected chi connectivity index (χ0v) is 11.7. The first-order valence-corrected chi connectivity index (χ1v) is 7.37. The van der Waals surface area contributed by atoms with Crippen molar-refractivity contribution >= 4 is 28.2 Å². The third-order valence-corrected chi connectivity index (χ3v) is 4.12. The van der Waals surface area contributed by atoms with Gasteiger partial charge in [0.1, 0.15) is 0 Å². The van der Waals surface area contributed by atoms with Crippen LogP contribution in [0, 0.1) is 0 Å². The Bertz CT molecular complexity index is 727. The summed E-state index contributed by atoms with van der Waals surface area (Å²) < 4.78 is 0. The molecule has 1 heterocycles. The molecule has 4 heteroatoms. The van der Waals surface area contributed by atoms with Gasteiger partial charge >= 0.3 is 0 Å². The van der Waals surface area contributed by atoms with E-state index in [1.807, 2.05) is 12.1 Å². The summed E-state index contributed by atoms with van der Waals surface area (Å²) in [6, 6.07) is 18.7. The smallest absolute Gasteiger partial charge is 0.0527 e. The number of aromatic nitrogens is 1. The van der Waals surface area contributed by atoms with Crippen LogP contribution in [0.1, 0.15) is 5.69 Å². The molecular weight excluding hydrogens is 266 g/mol. The molecule has 0 saturated carbocycles. The van der Waals surface area contributed by atoms with Gasteiger partial charge in [0.05, 0.1) is 11.4 Å². The lowest BCUT2D eigenvalue weighted by Crippen LogP contribution is -2.07. The first kappa shape index (κ1) is 13.0. The fourth-order valence-electron chi connectivity index (χ4n) is 2.06. The monoisotopic (exact) mass is 281 g/mol. The summed E-state index contributed by atoms with van der Waals surface area (Å²) in [6.07, 6.45) is 1.77. The molecule has 0 unspecified atom stereocenters. The van der Waals surface area contributed by atoms with Crippen molar-refractivity contribution < 1.29 is 0 Å². The predicted molar refractivity (Wildman–Crippen MR) is 85.6 cm³/mol. The van der Waals surface area contributed by atoms with E-state index in [9.17, 15) is 0 Å². The molecule has 0 spiro atoms. The lowest BCUT2D eigenvalue weighted by Gasteiger charge is -2.05. The SMILES string of the molecule is NNc1ccnc(CSc2ccc3ccccc3c2)c1. The number of rotatable bonds is 4. The van der Waals surface area contributed by atoms with Crippen molar-refractivity contribution in [1.82, 2.24) is 4.98 Å². The average Bonchev–Trinajstić information content (AvgIpc) is 2.53. The molecular formula is C16H15N3S. The molecule has 0 aliphatic rings. The second kappa shape index (κ2) is 5.94. The molecule has 2 aromatic carbocycles. The van der Waals surface area contributed by atoms with Crippen LogP contribution in [0.15, 0.2) is 65.7 Å². The molecule has 3 nitrogen and oxygen atoms in total. The quantitative estimate of drug-likeness (QED) is 0.434. The van der Waals surface area contributed by atoms with Crippen LogP contribution in [0.25, 0.3) is 10.8 Å². The van der Waals surface area contributed by atoms with Crippen LogP contribution in [0.2, 0.25) is 0 Å². The summed E-state index contributed by atoms with van der Waals surface area (Å²) in [4.78, 5) is 5.60. The highest BCUT2D eigenvalue weighted by atomic mass is 32.2. The van der Waals surface area contributed by atoms with E-state index < -0.39 is 0 Å². The highest BCUT2D eigenvalue weighted by Gasteiger charge is 2.00. The molecule has 0 amide bonds. The molecule has 0 saturated heterocycles. The summed E-state index contributed by atoms with van der Waals surface area (Å²) >= 11 is 1.78. The van der Waals surface area contributed by atoms with Gasteiger partial charge in [0.2, 0.25) is 0 Å². The second-order valence-electron chi connectivity index (χ2n) is 4.48. The maximum Gasteiger partial charge on any atom is 0.0527 e. The Morgan fingerprint density at radius 2 is 1.85 bits per heavy atom. The largest absolute Gasteiger partial charge is 0.324 e. The summed E-state index contributed by atoms with van der Waals surface area (Å²) in [6.45, 7) is 0. The number of hydrazine groups is 1. The van der Waals surface area contributed by atoms with Crippen LogP contribution in [0.5, 0.6) is 0 Å². The van der Waals surface area contributed by atoms with Crippen molar-refractivity contribution in [3.63, 3.8) is 0 Å². The number of nitrogens with one attached hydrogen (secondary N) is 1. The third-order valence-electron chi connectivity index (χ3n) is 3.09. The van der Waals surface area contributed by atoms with Crippen molar-refractivity contribution in [2.24, 2.45) is 5.84 Å². The van der Waals surface area contributed by atoms with E-state index in [0.29, 0.717) is 0 Å². The van der Waals surface area contributed by atoms with Gasteiger partial charge in [-0.25, -0.2) is 0 Å². The van der Waals surface area contributed by atoms with Gasteiger partial charge in [-0.1, -0.05) is 30.3 Å². The Morgan fingerprint density at radius 3 is 2.70 bits per heavy atom. The normalized spacial score (nSPS) is 10.7. The van der Waals surface area contributed by atoms with Crippen molar-refractivity contribution in [3.05, 3.63) is 66.5 Å². The van der Waals surface area contributed by atoms with Crippen molar-refractivity contribution in [2.75, 3.05) is 5.43 Å². The topological polar surface area (TPSA) is 50.9 Å². The maximum atomic E-state index is 5.40. The molecule has 0 atom stereocenters. The van der Waals surface area contributed by atoms with Crippen molar-refractivity contribution in [1.29, 1.82) is 0 Å². The molecule has 20 heavy (non-hydrogen) atoms. The van der Waals surface area contributed by atoms with Gasteiger partial charge in [-0.3, -0.25) is 10.8 Å². The van der Waals surface area contributed by atoms with Gasteiger partial charge in [-0.05, 0) is 35.0 Å². The fourth-order valence-corrected chi connectivity index (χ4v) is 2.91. The molecule has 1 aromatic heterocycles. The minimum Gasteiger partial charge on any atom is -0.324 e. The first-order chi connectivity index (χ1) is 9.85. The van der Waals surface area contributed by atoms with Gasteiger partial charge in [-0.2, -0.15) is 0 Å². The van der Waals surface area contributed by atoms with Gasteiger partial charge in [0.15, 0.2) is 0 Å². The standard InChI is InChI=1S/C16H15N3S/c17-19-14-7-8-18-15(10-14)11-20-16-6-5-12-3-1-2-4-13(12)9-16/h1-10H,11,17H2,(H,18,19). The van der Waals surface area contributed by atoms with Crippen molar-refractivity contribution in [3.8, 4) is 0 Å². The molecule has 100 valence electrons. The number of nitrogens with two attached hydrogens (primary N) is 1. The minimum atomic E-state index is 0.827. The lowest BCUT2D eigenvalue weighted by atomic mass is 10.1. The molecule has 3 aromatic rings. The number of hydrogen-bond acceptors (Lipinski definition) is 4. The van der Waals surface area contributed by atoms with E-state index in [1.54, 1.807) is 18.0 Å². The number of nitrogen functional groups attached to an aromatic ring is 1. The number of pyridine rings is 1. The Labute approximate surface area is 122 Å². The summed E-state index contributed by atoms with van der Waals surface area (Å²) in [5.41, 5.74) is 4.54. The number of nitrogens with zero attached hydrogens (tertiary/aromatic N) is 1. The van der Waals surface area contributed by atoms with Crippen LogP contribution >= 0.6 is 11.8 Å². The molecule has 0 aliphatic carbocycles. The Morgan fingerprint density at radius 1 is 1.00 bits per heavy atom. The number of hydrogen-bond donors (Lipinski definition) is 2. The summed E-state index contributed by atoms with van der Waals surface area (Å²) in [5, 5.41) is 2.53. The average molecular weight is 281 g/mol. The summed E-state index contributed by atoms with van der Waals surface area (Å²) in [7, 11) is 0. The van der Waals surface area contributed by atoms with Crippen LogP contribution in [0.4, 0.5) is 5.69 Å². The van der Waals surface area contributed by atoms with Gasteiger partial charge < -0.3 is 5.43 Å². The van der Waals surface area contributed by atoms with Crippen LogP contribution < -0.4 is 11.3 Å². The minimum absolute atomic E-state index is 0.827. The molecule has 3 rings (SSSR count). The Balaban J connectivity index is 1.76. The molecule has 0 radical (unpaired) electrons. The van der Waals surface area contributed by atoms with E-state index >= 15 is 0 Å². The van der Waals surface area contributed by atoms with E-state index in [2.05, 4.69) is 52.9 Å². The predicted octanol–water partition coefficient (Wildman–Crippen LogP) is 3.81. The van der Waals surface area contributed by atoms with Crippen LogP contribution in [-0.4, -0.2) is 4.98 Å². The number of benzene rings is 2. The van der Waals surface area contributed by atoms with E-state index in [4.69, 9.17) is 5.84 Å². The summed E-state index contributed by atoms with van der Waals surface area (Å²) in [5.74, 6) is 6.23. The number of thioether (sulfide) groups is 1. The molecule has 0 aliphatic heterocycles. The van der Waals surface area contributed by atoms with E-state index in [0.717, 1.165) is 17.1 Å². The fraction of sp³-hybridized carbons (Fsp3) is 0.0625. The van der Waals surface area contributed by atoms with Gasteiger partial charge in [0.25, 0.3) is 0 Å². The highest BCUT2D eigenvalue weighted by molar-refractivity contribution is 7.98. The Hall–Kier alpha value is -2.04. The van der Waals surface area contributed by atoms with Gasteiger partial charge in [-0.15, -0.1) is 11.8 Å². The van der Waals surface area contributed by atoms with Crippen LogP contribution in [0.3, 0.4) is 0 Å². The number of anilines is 1. The highest BCUT2D eigenvalue weighted by Crippen LogP contribution is 2.26. The lowest BCUT2D eigenvalue weighted by molar-refractivity contribution is 1.16. The first-order valence-electron chi connectivity index (χ1n) is 6.38. The van der Waals surface area contributed by atoms with E-state index in [-0.39, 0.29) is 0 Å². The Kier molecular flexibility index (Phi) is 3.85. The molecule has 0 bridgehead atoms. The maximum absolute atomic E-state index is 5.40.